The molecule has 7 heteroatoms. The summed E-state index contributed by atoms with van der Waals surface area (Å²) in [7, 11) is -0.901. The van der Waals surface area contributed by atoms with Gasteiger partial charge in [0, 0.05) is 13.6 Å². The fourth-order valence-corrected chi connectivity index (χ4v) is 2.62. The Morgan fingerprint density at radius 2 is 1.89 bits per heavy atom. The number of hydrogen-bond donors (Lipinski definition) is 1. The Morgan fingerprint density at radius 1 is 1.32 bits per heavy atom. The molecule has 0 atom stereocenters. The van der Waals surface area contributed by atoms with E-state index in [1.165, 1.54) is 26.3 Å². The van der Waals surface area contributed by atoms with Crippen LogP contribution in [0.1, 0.15) is 5.56 Å². The molecule has 1 aromatic rings. The summed E-state index contributed by atoms with van der Waals surface area (Å²) in [5.41, 5.74) is 0.676. The molecule has 19 heavy (non-hydrogen) atoms. The van der Waals surface area contributed by atoms with Crippen LogP contribution in [0.2, 0.25) is 0 Å². The third-order valence-corrected chi connectivity index (χ3v) is 4.49. The van der Waals surface area contributed by atoms with Crippen LogP contribution in [0.5, 0.6) is 0 Å². The minimum atomic E-state index is -3.59. The highest BCUT2D eigenvalue weighted by Crippen LogP contribution is 2.15. The van der Waals surface area contributed by atoms with Crippen molar-refractivity contribution in [2.75, 3.05) is 27.3 Å². The molecule has 0 aliphatic rings. The van der Waals surface area contributed by atoms with Gasteiger partial charge in [0.25, 0.3) is 0 Å². The quantitative estimate of drug-likeness (QED) is 0.745. The Bertz CT molecular complexity index is 524. The highest BCUT2D eigenvalue weighted by Gasteiger charge is 2.19. The number of carbonyl (C=O) groups is 1. The number of hydrogen-bond acceptors (Lipinski definition) is 5. The van der Waals surface area contributed by atoms with E-state index in [0.717, 1.165) is 4.31 Å². The minimum Gasteiger partial charge on any atom is -0.469 e. The molecule has 0 fully saturated rings. The standard InChI is InChI=1S/C12H17NO5S/c1-13(7-8-14)19(16,17)11-5-3-10(4-6-11)9-12(15)18-2/h3-6,14H,7-9H2,1-2H3. The normalized spacial score (nSPS) is 11.6. The van der Waals surface area contributed by atoms with Crippen molar-refractivity contribution in [2.24, 2.45) is 0 Å². The van der Waals surface area contributed by atoms with Gasteiger partial charge in [-0.05, 0) is 17.7 Å². The summed E-state index contributed by atoms with van der Waals surface area (Å²) in [5.74, 6) is -0.381. The molecular formula is C12H17NO5S. The van der Waals surface area contributed by atoms with E-state index in [4.69, 9.17) is 5.11 Å². The molecule has 0 heterocycles. The number of carbonyl (C=O) groups excluding carboxylic acids is 1. The topological polar surface area (TPSA) is 83.9 Å². The molecule has 1 rings (SSSR count). The maximum atomic E-state index is 12.0. The van der Waals surface area contributed by atoms with Crippen LogP contribution in [0.15, 0.2) is 29.2 Å². The number of nitrogens with zero attached hydrogens (tertiary/aromatic N) is 1. The van der Waals surface area contributed by atoms with Crippen LogP contribution in [-0.2, 0) is 26.0 Å². The average molecular weight is 287 g/mol. The van der Waals surface area contributed by atoms with Crippen molar-refractivity contribution >= 4 is 16.0 Å². The lowest BCUT2D eigenvalue weighted by atomic mass is 10.2. The summed E-state index contributed by atoms with van der Waals surface area (Å²) in [6, 6.07) is 6.00. The Morgan fingerprint density at radius 3 is 2.37 bits per heavy atom. The van der Waals surface area contributed by atoms with Crippen LogP contribution in [0.4, 0.5) is 0 Å². The van der Waals surface area contributed by atoms with Crippen molar-refractivity contribution < 1.29 is 23.1 Å². The SMILES string of the molecule is COC(=O)Cc1ccc(S(=O)(=O)N(C)CCO)cc1. The molecule has 1 N–H and O–H groups in total. The smallest absolute Gasteiger partial charge is 0.309 e. The molecule has 0 saturated carbocycles. The van der Waals surface area contributed by atoms with Crippen molar-refractivity contribution in [3.05, 3.63) is 29.8 Å². The Balaban J connectivity index is 2.89. The molecule has 6 nitrogen and oxygen atoms in total. The van der Waals surface area contributed by atoms with Crippen LogP contribution in [0, 0.1) is 0 Å². The maximum Gasteiger partial charge on any atom is 0.309 e. The van der Waals surface area contributed by atoms with E-state index in [0.29, 0.717) is 5.56 Å². The van der Waals surface area contributed by atoms with Gasteiger partial charge in [-0.2, -0.15) is 4.31 Å². The molecule has 0 aliphatic carbocycles. The molecule has 0 radical (unpaired) electrons. The second kappa shape index (κ2) is 6.65. The number of benzene rings is 1. The van der Waals surface area contributed by atoms with Crippen molar-refractivity contribution in [3.8, 4) is 0 Å². The number of aliphatic hydroxyl groups excluding tert-OH is 1. The van der Waals surface area contributed by atoms with Gasteiger partial charge in [-0.15, -0.1) is 0 Å². The largest absolute Gasteiger partial charge is 0.469 e. The molecule has 0 saturated heterocycles. The summed E-state index contributed by atoms with van der Waals surface area (Å²) in [5, 5.41) is 8.76. The number of rotatable bonds is 6. The zero-order valence-electron chi connectivity index (χ0n) is 10.9. The van der Waals surface area contributed by atoms with Crippen molar-refractivity contribution in [2.45, 2.75) is 11.3 Å². The highest BCUT2D eigenvalue weighted by atomic mass is 32.2. The second-order valence-corrected chi connectivity index (χ2v) is 5.99. The van der Waals surface area contributed by atoms with Gasteiger partial charge in [0.15, 0.2) is 0 Å². The van der Waals surface area contributed by atoms with Crippen molar-refractivity contribution in [1.29, 1.82) is 0 Å². The number of sulfonamides is 1. The molecule has 0 aromatic heterocycles. The van der Waals surface area contributed by atoms with Gasteiger partial charge in [0.05, 0.1) is 25.0 Å². The summed E-state index contributed by atoms with van der Waals surface area (Å²) in [6.45, 7) is -0.206. The molecular weight excluding hydrogens is 270 g/mol. The van der Waals surface area contributed by atoms with Crippen LogP contribution in [0.3, 0.4) is 0 Å². The summed E-state index contributed by atoms with van der Waals surface area (Å²) < 4.78 is 29.7. The van der Waals surface area contributed by atoms with Gasteiger partial charge in [-0.3, -0.25) is 4.79 Å². The third kappa shape index (κ3) is 4.02. The zero-order valence-corrected chi connectivity index (χ0v) is 11.7. The van der Waals surface area contributed by atoms with E-state index >= 15 is 0 Å². The summed E-state index contributed by atoms with van der Waals surface area (Å²) in [6.07, 6.45) is 0.101. The molecule has 0 unspecified atom stereocenters. The molecule has 106 valence electrons. The first-order valence-corrected chi connectivity index (χ1v) is 7.08. The number of esters is 1. The lowest BCUT2D eigenvalue weighted by Gasteiger charge is -2.15. The third-order valence-electron chi connectivity index (χ3n) is 2.62. The molecule has 1 aromatic carbocycles. The Labute approximate surface area is 112 Å². The van der Waals surface area contributed by atoms with Gasteiger partial charge in [-0.25, -0.2) is 8.42 Å². The van der Waals surface area contributed by atoms with E-state index in [9.17, 15) is 13.2 Å². The Hall–Kier alpha value is -1.44. The van der Waals surface area contributed by atoms with Crippen LogP contribution in [-0.4, -0.2) is 51.1 Å². The second-order valence-electron chi connectivity index (χ2n) is 3.95. The molecule has 0 aliphatic heterocycles. The fraction of sp³-hybridized carbons (Fsp3) is 0.417. The van der Waals surface area contributed by atoms with E-state index in [2.05, 4.69) is 4.74 Å². The number of methoxy groups -OCH3 is 1. The van der Waals surface area contributed by atoms with E-state index in [1.54, 1.807) is 12.1 Å². The van der Waals surface area contributed by atoms with E-state index in [1.807, 2.05) is 0 Å². The van der Waals surface area contributed by atoms with Crippen molar-refractivity contribution in [1.82, 2.24) is 4.31 Å². The monoisotopic (exact) mass is 287 g/mol. The molecule has 0 spiro atoms. The lowest BCUT2D eigenvalue weighted by molar-refractivity contribution is -0.139. The maximum absolute atomic E-state index is 12.0. The first-order chi connectivity index (χ1) is 8.91. The number of aliphatic hydroxyl groups is 1. The predicted molar refractivity (Wildman–Crippen MR) is 69.1 cm³/mol. The summed E-state index contributed by atoms with van der Waals surface area (Å²) >= 11 is 0. The average Bonchev–Trinajstić information content (AvgIpc) is 2.39. The zero-order chi connectivity index (χ0) is 14.5. The van der Waals surface area contributed by atoms with Gasteiger partial charge < -0.3 is 9.84 Å². The van der Waals surface area contributed by atoms with Gasteiger partial charge in [0.1, 0.15) is 0 Å². The minimum absolute atomic E-state index is 0.0340. The summed E-state index contributed by atoms with van der Waals surface area (Å²) in [4.78, 5) is 11.2. The van der Waals surface area contributed by atoms with E-state index in [-0.39, 0.29) is 30.4 Å². The van der Waals surface area contributed by atoms with Crippen LogP contribution >= 0.6 is 0 Å². The number of ether oxygens (including phenoxy) is 1. The highest BCUT2D eigenvalue weighted by molar-refractivity contribution is 7.89. The van der Waals surface area contributed by atoms with Crippen molar-refractivity contribution in [3.63, 3.8) is 0 Å². The first-order valence-electron chi connectivity index (χ1n) is 5.64. The van der Waals surface area contributed by atoms with Crippen LogP contribution in [0.25, 0.3) is 0 Å². The Kier molecular flexibility index (Phi) is 5.46. The molecule has 0 bridgehead atoms. The predicted octanol–water partition coefficient (Wildman–Crippen LogP) is 0.0149. The lowest BCUT2D eigenvalue weighted by Crippen LogP contribution is -2.29. The van der Waals surface area contributed by atoms with E-state index < -0.39 is 10.0 Å². The van der Waals surface area contributed by atoms with Gasteiger partial charge in [-0.1, -0.05) is 12.1 Å². The molecule has 0 amide bonds. The first kappa shape index (κ1) is 15.6. The van der Waals surface area contributed by atoms with Gasteiger partial charge in [0.2, 0.25) is 10.0 Å². The van der Waals surface area contributed by atoms with Crippen LogP contribution < -0.4 is 0 Å². The fourth-order valence-electron chi connectivity index (χ4n) is 1.46. The number of likely N-dealkylation sites (N-methyl/N-ethyl adjacent to an activating group) is 1. The van der Waals surface area contributed by atoms with Gasteiger partial charge >= 0.3 is 5.97 Å².